The Morgan fingerprint density at radius 1 is 1.29 bits per heavy atom. The Morgan fingerprint density at radius 3 is 2.82 bits per heavy atom. The quantitative estimate of drug-likeness (QED) is 0.787. The van der Waals surface area contributed by atoms with Crippen molar-refractivity contribution in [3.05, 3.63) is 45.7 Å². The molecule has 0 aliphatic carbocycles. The van der Waals surface area contributed by atoms with Gasteiger partial charge in [0.05, 0.1) is 12.3 Å². The Hall–Kier alpha value is -1.10. The summed E-state index contributed by atoms with van der Waals surface area (Å²) in [5.41, 5.74) is 3.31. The fourth-order valence-electron chi connectivity index (χ4n) is 1.74. The highest BCUT2D eigenvalue weighted by molar-refractivity contribution is 14.1. The summed E-state index contributed by atoms with van der Waals surface area (Å²) in [7, 11) is 0. The van der Waals surface area contributed by atoms with Crippen LogP contribution in [0.4, 0.5) is 0 Å². The molecule has 0 saturated carbocycles. The maximum Gasteiger partial charge on any atom is 0.119 e. The molecule has 2 aromatic rings. The van der Waals surface area contributed by atoms with Crippen molar-refractivity contribution in [2.45, 2.75) is 13.8 Å². The van der Waals surface area contributed by atoms with Crippen LogP contribution in [0.25, 0.3) is 11.3 Å². The number of halogens is 1. The summed E-state index contributed by atoms with van der Waals surface area (Å²) in [6.45, 7) is 4.75. The van der Waals surface area contributed by atoms with Crippen LogP contribution in [0, 0.1) is 10.5 Å². The van der Waals surface area contributed by atoms with Crippen LogP contribution in [0.3, 0.4) is 0 Å². The zero-order valence-corrected chi connectivity index (χ0v) is 12.1. The first kappa shape index (κ1) is 12.4. The van der Waals surface area contributed by atoms with E-state index < -0.39 is 0 Å². The van der Waals surface area contributed by atoms with E-state index >= 15 is 0 Å². The second-order valence-electron chi connectivity index (χ2n) is 3.78. The third-order valence-corrected chi connectivity index (χ3v) is 3.05. The van der Waals surface area contributed by atoms with Crippen LogP contribution < -0.4 is 4.74 Å². The molecular formula is C14H14INO. The fourth-order valence-corrected chi connectivity index (χ4v) is 2.35. The molecule has 0 aliphatic rings. The number of hydrogen-bond donors (Lipinski definition) is 0. The van der Waals surface area contributed by atoms with Crippen molar-refractivity contribution < 1.29 is 4.74 Å². The molecule has 1 aromatic heterocycles. The summed E-state index contributed by atoms with van der Waals surface area (Å²) in [6, 6.07) is 10.2. The van der Waals surface area contributed by atoms with Gasteiger partial charge in [-0.3, -0.25) is 4.98 Å². The SMILES string of the molecule is CCOc1cccc(-c2ncc(I)cc2C)c1. The number of nitrogens with zero attached hydrogens (tertiary/aromatic N) is 1. The van der Waals surface area contributed by atoms with Crippen LogP contribution in [-0.4, -0.2) is 11.6 Å². The van der Waals surface area contributed by atoms with E-state index in [1.807, 2.05) is 31.3 Å². The van der Waals surface area contributed by atoms with Gasteiger partial charge in [-0.05, 0) is 60.2 Å². The molecule has 0 spiro atoms. The van der Waals surface area contributed by atoms with Gasteiger partial charge in [0.25, 0.3) is 0 Å². The summed E-state index contributed by atoms with van der Waals surface area (Å²) in [6.07, 6.45) is 1.89. The molecule has 0 N–H and O–H groups in total. The van der Waals surface area contributed by atoms with Crippen molar-refractivity contribution in [1.29, 1.82) is 0 Å². The van der Waals surface area contributed by atoms with Crippen LogP contribution in [0.2, 0.25) is 0 Å². The highest BCUT2D eigenvalue weighted by Crippen LogP contribution is 2.25. The van der Waals surface area contributed by atoms with Gasteiger partial charge >= 0.3 is 0 Å². The van der Waals surface area contributed by atoms with Crippen molar-refractivity contribution >= 4 is 22.6 Å². The molecular weight excluding hydrogens is 325 g/mol. The molecule has 88 valence electrons. The van der Waals surface area contributed by atoms with Crippen molar-refractivity contribution in [3.8, 4) is 17.0 Å². The van der Waals surface area contributed by atoms with E-state index in [4.69, 9.17) is 4.74 Å². The van der Waals surface area contributed by atoms with E-state index in [1.165, 1.54) is 5.56 Å². The Morgan fingerprint density at radius 2 is 2.12 bits per heavy atom. The first-order valence-electron chi connectivity index (χ1n) is 5.56. The zero-order chi connectivity index (χ0) is 12.3. The molecule has 0 amide bonds. The summed E-state index contributed by atoms with van der Waals surface area (Å²) >= 11 is 2.27. The first-order chi connectivity index (χ1) is 8.20. The van der Waals surface area contributed by atoms with Crippen LogP contribution in [0.15, 0.2) is 36.5 Å². The number of aromatic nitrogens is 1. The Labute approximate surface area is 115 Å². The van der Waals surface area contributed by atoms with Gasteiger partial charge < -0.3 is 4.74 Å². The highest BCUT2D eigenvalue weighted by atomic mass is 127. The van der Waals surface area contributed by atoms with Gasteiger partial charge in [0.15, 0.2) is 0 Å². The van der Waals surface area contributed by atoms with E-state index in [-0.39, 0.29) is 0 Å². The van der Waals surface area contributed by atoms with Crippen molar-refractivity contribution in [2.24, 2.45) is 0 Å². The molecule has 0 atom stereocenters. The van der Waals surface area contributed by atoms with Crippen molar-refractivity contribution in [2.75, 3.05) is 6.61 Å². The average Bonchev–Trinajstić information content (AvgIpc) is 2.29. The van der Waals surface area contributed by atoms with Gasteiger partial charge in [-0.15, -0.1) is 0 Å². The normalized spacial score (nSPS) is 10.3. The van der Waals surface area contributed by atoms with Crippen LogP contribution >= 0.6 is 22.6 Å². The summed E-state index contributed by atoms with van der Waals surface area (Å²) in [5, 5.41) is 0. The lowest BCUT2D eigenvalue weighted by atomic mass is 10.1. The van der Waals surface area contributed by atoms with E-state index in [0.29, 0.717) is 6.61 Å². The van der Waals surface area contributed by atoms with E-state index in [0.717, 1.165) is 20.6 Å². The minimum absolute atomic E-state index is 0.683. The number of pyridine rings is 1. The number of benzene rings is 1. The molecule has 0 fully saturated rings. The second kappa shape index (κ2) is 5.49. The average molecular weight is 339 g/mol. The topological polar surface area (TPSA) is 22.1 Å². The van der Waals surface area contributed by atoms with Gasteiger partial charge in [0.1, 0.15) is 5.75 Å². The molecule has 2 rings (SSSR count). The lowest BCUT2D eigenvalue weighted by molar-refractivity contribution is 0.340. The van der Waals surface area contributed by atoms with Gasteiger partial charge in [-0.1, -0.05) is 12.1 Å². The van der Waals surface area contributed by atoms with Gasteiger partial charge in [0, 0.05) is 15.3 Å². The highest BCUT2D eigenvalue weighted by Gasteiger charge is 2.05. The molecule has 0 aliphatic heterocycles. The van der Waals surface area contributed by atoms with E-state index in [2.05, 4.69) is 46.6 Å². The van der Waals surface area contributed by atoms with Crippen LogP contribution in [0.5, 0.6) is 5.75 Å². The summed E-state index contributed by atoms with van der Waals surface area (Å²) in [5.74, 6) is 0.893. The molecule has 0 radical (unpaired) electrons. The molecule has 0 bridgehead atoms. The molecule has 0 saturated heterocycles. The maximum absolute atomic E-state index is 5.50. The predicted molar refractivity (Wildman–Crippen MR) is 78.3 cm³/mol. The van der Waals surface area contributed by atoms with Gasteiger partial charge in [0.2, 0.25) is 0 Å². The molecule has 17 heavy (non-hydrogen) atoms. The van der Waals surface area contributed by atoms with Gasteiger partial charge in [-0.25, -0.2) is 0 Å². The fraction of sp³-hybridized carbons (Fsp3) is 0.214. The third kappa shape index (κ3) is 2.97. The molecule has 2 nitrogen and oxygen atoms in total. The first-order valence-corrected chi connectivity index (χ1v) is 6.64. The van der Waals surface area contributed by atoms with Crippen LogP contribution in [-0.2, 0) is 0 Å². The standard InChI is InChI=1S/C14H14INO/c1-3-17-13-6-4-5-11(8-13)14-10(2)7-12(15)9-16-14/h4-9H,3H2,1-2H3. The van der Waals surface area contributed by atoms with Crippen LogP contribution in [0.1, 0.15) is 12.5 Å². The maximum atomic E-state index is 5.50. The summed E-state index contributed by atoms with van der Waals surface area (Å²) < 4.78 is 6.66. The number of ether oxygens (including phenoxy) is 1. The van der Waals surface area contributed by atoms with Crippen molar-refractivity contribution in [3.63, 3.8) is 0 Å². The summed E-state index contributed by atoms with van der Waals surface area (Å²) in [4.78, 5) is 4.49. The van der Waals surface area contributed by atoms with E-state index in [1.54, 1.807) is 0 Å². The Bertz CT molecular complexity index is 525. The largest absolute Gasteiger partial charge is 0.494 e. The molecule has 1 heterocycles. The zero-order valence-electron chi connectivity index (χ0n) is 9.90. The lowest BCUT2D eigenvalue weighted by Gasteiger charge is -2.08. The third-order valence-electron chi connectivity index (χ3n) is 2.46. The monoisotopic (exact) mass is 339 g/mol. The van der Waals surface area contributed by atoms with Crippen molar-refractivity contribution in [1.82, 2.24) is 4.98 Å². The number of aryl methyl sites for hydroxylation is 1. The van der Waals surface area contributed by atoms with Gasteiger partial charge in [-0.2, -0.15) is 0 Å². The minimum atomic E-state index is 0.683. The predicted octanol–water partition coefficient (Wildman–Crippen LogP) is 4.06. The van der Waals surface area contributed by atoms with E-state index in [9.17, 15) is 0 Å². The second-order valence-corrected chi connectivity index (χ2v) is 5.03. The lowest BCUT2D eigenvalue weighted by Crippen LogP contribution is -1.93. The molecule has 3 heteroatoms. The number of hydrogen-bond acceptors (Lipinski definition) is 2. The molecule has 0 unspecified atom stereocenters. The number of rotatable bonds is 3. The Kier molecular flexibility index (Phi) is 3.99. The smallest absolute Gasteiger partial charge is 0.119 e. The Balaban J connectivity index is 2.42. The molecule has 1 aromatic carbocycles. The minimum Gasteiger partial charge on any atom is -0.494 e.